The van der Waals surface area contributed by atoms with Crippen LogP contribution in [0.15, 0.2) is 36.4 Å². The number of carbonyl (C=O) groups excluding carboxylic acids is 2. The van der Waals surface area contributed by atoms with Gasteiger partial charge in [0.2, 0.25) is 5.91 Å². The Balaban J connectivity index is 1.31. The number of nitrogens with zero attached hydrogens (tertiary/aromatic N) is 5. The number of hydrogen-bond acceptors (Lipinski definition) is 6. The molecule has 1 atom stereocenters. The molecule has 0 bridgehead atoms. The Bertz CT molecular complexity index is 991. The lowest BCUT2D eigenvalue weighted by atomic mass is 10.1. The number of anilines is 1. The van der Waals surface area contributed by atoms with Crippen molar-refractivity contribution in [2.45, 2.75) is 32.3 Å². The van der Waals surface area contributed by atoms with Crippen LogP contribution in [0.2, 0.25) is 5.02 Å². The Morgan fingerprint density at radius 3 is 2.60 bits per heavy atom. The highest BCUT2D eigenvalue weighted by molar-refractivity contribution is 6.33. The first-order valence-corrected chi connectivity index (χ1v) is 12.7. The average Bonchev–Trinajstić information content (AvgIpc) is 3.40. The highest BCUT2D eigenvalue weighted by Gasteiger charge is 2.28. The zero-order valence-electron chi connectivity index (χ0n) is 20.2. The molecule has 0 aliphatic carbocycles. The minimum absolute atomic E-state index is 0.000614. The van der Waals surface area contributed by atoms with Crippen LogP contribution in [0.1, 0.15) is 26.2 Å². The second-order valence-corrected chi connectivity index (χ2v) is 9.28. The van der Waals surface area contributed by atoms with E-state index in [1.165, 1.54) is 0 Å². The maximum absolute atomic E-state index is 13.0. The summed E-state index contributed by atoms with van der Waals surface area (Å²) in [6.45, 7) is 6.24. The van der Waals surface area contributed by atoms with E-state index in [-0.39, 0.29) is 24.6 Å². The minimum atomic E-state index is -0.205. The van der Waals surface area contributed by atoms with Gasteiger partial charge in [-0.15, -0.1) is 10.2 Å². The van der Waals surface area contributed by atoms with Gasteiger partial charge in [0, 0.05) is 51.4 Å². The van der Waals surface area contributed by atoms with Gasteiger partial charge in [0.15, 0.2) is 5.82 Å². The van der Waals surface area contributed by atoms with Crippen molar-refractivity contribution in [1.29, 1.82) is 0 Å². The van der Waals surface area contributed by atoms with Crippen molar-refractivity contribution in [3.05, 3.63) is 41.4 Å². The number of nitrogens with one attached hydrogen (secondary N) is 1. The lowest BCUT2D eigenvalue weighted by Crippen LogP contribution is -2.54. The SMILES string of the molecule is CCCNC(=O)N(CC(=O)N1CCN(c2ccc(-c3ccccc3Cl)nn2)CC1)CC1CCCO1. The zero-order valence-corrected chi connectivity index (χ0v) is 20.9. The molecule has 1 N–H and O–H groups in total. The van der Waals surface area contributed by atoms with Gasteiger partial charge in [0.1, 0.15) is 6.54 Å². The van der Waals surface area contributed by atoms with Crippen LogP contribution in [0.25, 0.3) is 11.3 Å². The van der Waals surface area contributed by atoms with Crippen molar-refractivity contribution < 1.29 is 14.3 Å². The van der Waals surface area contributed by atoms with Crippen molar-refractivity contribution in [2.24, 2.45) is 0 Å². The third-order valence-corrected chi connectivity index (χ3v) is 6.67. The molecule has 3 amide bonds. The van der Waals surface area contributed by atoms with Gasteiger partial charge in [0.05, 0.1) is 16.8 Å². The third kappa shape index (κ3) is 6.61. The van der Waals surface area contributed by atoms with E-state index in [0.717, 1.165) is 36.3 Å². The lowest BCUT2D eigenvalue weighted by molar-refractivity contribution is -0.132. The number of ether oxygens (including phenoxy) is 1. The Labute approximate surface area is 211 Å². The van der Waals surface area contributed by atoms with Crippen molar-refractivity contribution in [3.8, 4) is 11.3 Å². The molecule has 188 valence electrons. The molecule has 2 saturated heterocycles. The first kappa shape index (κ1) is 25.2. The van der Waals surface area contributed by atoms with Crippen LogP contribution in [0, 0.1) is 0 Å². The quantitative estimate of drug-likeness (QED) is 0.599. The topological polar surface area (TPSA) is 90.9 Å². The van der Waals surface area contributed by atoms with E-state index in [1.807, 2.05) is 48.2 Å². The van der Waals surface area contributed by atoms with Gasteiger partial charge in [-0.1, -0.05) is 36.7 Å². The molecule has 1 aromatic heterocycles. The van der Waals surface area contributed by atoms with Gasteiger partial charge in [0.25, 0.3) is 0 Å². The molecule has 2 aliphatic rings. The smallest absolute Gasteiger partial charge is 0.317 e. The lowest BCUT2D eigenvalue weighted by Gasteiger charge is -2.36. The van der Waals surface area contributed by atoms with Crippen molar-refractivity contribution in [3.63, 3.8) is 0 Å². The molecule has 1 aromatic carbocycles. The first-order chi connectivity index (χ1) is 17.0. The molecule has 0 radical (unpaired) electrons. The fraction of sp³-hybridized carbons (Fsp3) is 0.520. The summed E-state index contributed by atoms with van der Waals surface area (Å²) < 4.78 is 5.70. The first-order valence-electron chi connectivity index (χ1n) is 12.3. The number of urea groups is 1. The molecule has 2 aliphatic heterocycles. The van der Waals surface area contributed by atoms with E-state index in [2.05, 4.69) is 20.4 Å². The molecule has 9 nitrogen and oxygen atoms in total. The Morgan fingerprint density at radius 2 is 1.94 bits per heavy atom. The van der Waals surface area contributed by atoms with Crippen LogP contribution in [0.4, 0.5) is 10.6 Å². The van der Waals surface area contributed by atoms with Gasteiger partial charge >= 0.3 is 6.03 Å². The summed E-state index contributed by atoms with van der Waals surface area (Å²) in [6.07, 6.45) is 2.75. The van der Waals surface area contributed by atoms with E-state index in [1.54, 1.807) is 4.90 Å². The maximum Gasteiger partial charge on any atom is 0.317 e. The Kier molecular flexibility index (Phi) is 8.76. The summed E-state index contributed by atoms with van der Waals surface area (Å²) in [6, 6.07) is 11.2. The second kappa shape index (κ2) is 12.2. The van der Waals surface area contributed by atoms with Gasteiger partial charge in [-0.25, -0.2) is 4.79 Å². The van der Waals surface area contributed by atoms with E-state index >= 15 is 0 Å². The van der Waals surface area contributed by atoms with Crippen LogP contribution >= 0.6 is 11.6 Å². The zero-order chi connectivity index (χ0) is 24.6. The average molecular weight is 501 g/mol. The summed E-state index contributed by atoms with van der Waals surface area (Å²) in [5.74, 6) is 0.723. The number of halogens is 1. The second-order valence-electron chi connectivity index (χ2n) is 8.87. The van der Waals surface area contributed by atoms with Gasteiger partial charge in [-0.05, 0) is 37.5 Å². The van der Waals surface area contributed by atoms with Crippen molar-refractivity contribution in [1.82, 2.24) is 25.3 Å². The standard InChI is InChI=1S/C25H33ClN6O3/c1-2-11-27-25(34)32(17-19-6-5-16-35-19)18-24(33)31-14-12-30(13-15-31)23-10-9-22(28-29-23)20-7-3-4-8-21(20)26/h3-4,7-10,19H,2,5-6,11-18H2,1H3,(H,27,34). The molecule has 10 heteroatoms. The number of benzene rings is 1. The summed E-state index contributed by atoms with van der Waals surface area (Å²) >= 11 is 6.27. The molecule has 2 fully saturated rings. The molecule has 1 unspecified atom stereocenters. The van der Waals surface area contributed by atoms with Crippen LogP contribution in [0.5, 0.6) is 0 Å². The van der Waals surface area contributed by atoms with E-state index in [9.17, 15) is 9.59 Å². The number of hydrogen-bond donors (Lipinski definition) is 1. The molecule has 2 aromatic rings. The van der Waals surface area contributed by atoms with E-state index < -0.39 is 0 Å². The van der Waals surface area contributed by atoms with Crippen LogP contribution in [-0.4, -0.2) is 90.5 Å². The number of amides is 3. The molecular formula is C25H33ClN6O3. The summed E-state index contributed by atoms with van der Waals surface area (Å²) in [5, 5.41) is 12.3. The van der Waals surface area contributed by atoms with Gasteiger partial charge < -0.3 is 24.8 Å². The molecule has 35 heavy (non-hydrogen) atoms. The molecule has 4 rings (SSSR count). The fourth-order valence-electron chi connectivity index (χ4n) is 4.35. The number of piperazine rings is 1. The van der Waals surface area contributed by atoms with Crippen LogP contribution < -0.4 is 10.2 Å². The normalized spacial score (nSPS) is 17.9. The molecule has 3 heterocycles. The third-order valence-electron chi connectivity index (χ3n) is 6.34. The minimum Gasteiger partial charge on any atom is -0.376 e. The fourth-order valence-corrected chi connectivity index (χ4v) is 4.58. The van der Waals surface area contributed by atoms with Gasteiger partial charge in [-0.2, -0.15) is 0 Å². The number of aromatic nitrogens is 2. The van der Waals surface area contributed by atoms with Crippen LogP contribution in [0.3, 0.4) is 0 Å². The van der Waals surface area contributed by atoms with Crippen molar-refractivity contribution in [2.75, 3.05) is 57.3 Å². The Hall–Kier alpha value is -2.91. The monoisotopic (exact) mass is 500 g/mol. The van der Waals surface area contributed by atoms with Crippen LogP contribution in [-0.2, 0) is 9.53 Å². The summed E-state index contributed by atoms with van der Waals surface area (Å²) in [7, 11) is 0. The predicted molar refractivity (Wildman–Crippen MR) is 136 cm³/mol. The number of carbonyl (C=O) groups is 2. The predicted octanol–water partition coefficient (Wildman–Crippen LogP) is 3.05. The van der Waals surface area contributed by atoms with E-state index in [0.29, 0.717) is 50.9 Å². The van der Waals surface area contributed by atoms with Gasteiger partial charge in [-0.3, -0.25) is 4.79 Å². The Morgan fingerprint density at radius 1 is 1.14 bits per heavy atom. The highest BCUT2D eigenvalue weighted by atomic mass is 35.5. The highest BCUT2D eigenvalue weighted by Crippen LogP contribution is 2.26. The largest absolute Gasteiger partial charge is 0.376 e. The summed E-state index contributed by atoms with van der Waals surface area (Å²) in [5.41, 5.74) is 1.57. The molecular weight excluding hydrogens is 468 g/mol. The van der Waals surface area contributed by atoms with Crippen molar-refractivity contribution >= 4 is 29.4 Å². The maximum atomic E-state index is 13.0. The molecule has 0 spiro atoms. The summed E-state index contributed by atoms with van der Waals surface area (Å²) in [4.78, 5) is 31.2. The molecule has 0 saturated carbocycles. The van der Waals surface area contributed by atoms with E-state index in [4.69, 9.17) is 16.3 Å². The number of rotatable bonds is 8.